The minimum absolute atomic E-state index is 0.0974. The van der Waals surface area contributed by atoms with E-state index in [1.54, 1.807) is 0 Å². The zero-order chi connectivity index (χ0) is 18.3. The summed E-state index contributed by atoms with van der Waals surface area (Å²) in [5.74, 6) is -0.0974. The molecule has 0 radical (unpaired) electrons. The van der Waals surface area contributed by atoms with E-state index in [9.17, 15) is 4.79 Å². The highest BCUT2D eigenvalue weighted by Crippen LogP contribution is 2.02. The number of ether oxygens (including phenoxy) is 1. The summed E-state index contributed by atoms with van der Waals surface area (Å²) in [4.78, 5) is 18.7. The van der Waals surface area contributed by atoms with Crippen molar-refractivity contribution in [2.45, 2.75) is 25.7 Å². The quantitative estimate of drug-likeness (QED) is 0.330. The Kier molecular flexibility index (Phi) is 12.9. The van der Waals surface area contributed by atoms with Gasteiger partial charge in [-0.1, -0.05) is 0 Å². The van der Waals surface area contributed by atoms with E-state index >= 15 is 0 Å². The van der Waals surface area contributed by atoms with E-state index in [0.717, 1.165) is 78.2 Å². The van der Waals surface area contributed by atoms with Crippen LogP contribution in [0.25, 0.3) is 0 Å². The molecule has 0 amide bonds. The first kappa shape index (κ1) is 22.3. The summed E-state index contributed by atoms with van der Waals surface area (Å²) in [6.45, 7) is 10.8. The van der Waals surface area contributed by atoms with Crippen LogP contribution in [0.15, 0.2) is 0 Å². The van der Waals surface area contributed by atoms with Gasteiger partial charge in [0.05, 0.1) is 13.0 Å². The van der Waals surface area contributed by atoms with Crippen molar-refractivity contribution in [2.24, 2.45) is 5.73 Å². The van der Waals surface area contributed by atoms with Crippen LogP contribution in [0.1, 0.15) is 25.7 Å². The summed E-state index contributed by atoms with van der Waals surface area (Å²) < 4.78 is 5.21. The number of nitrogens with two attached hydrogens (primary N) is 1. The smallest absolute Gasteiger partial charge is 0.307 e. The zero-order valence-corrected chi connectivity index (χ0v) is 16.3. The summed E-state index contributed by atoms with van der Waals surface area (Å²) in [5, 5.41) is 3.34. The maximum Gasteiger partial charge on any atom is 0.307 e. The third-order valence-corrected chi connectivity index (χ3v) is 4.49. The molecule has 148 valence electrons. The fraction of sp³-hybridized carbons (Fsp3) is 0.944. The number of esters is 1. The third-order valence-electron chi connectivity index (χ3n) is 4.49. The largest absolute Gasteiger partial charge is 0.466 e. The lowest BCUT2D eigenvalue weighted by molar-refractivity contribution is -0.143. The summed E-state index contributed by atoms with van der Waals surface area (Å²) in [6, 6.07) is 0. The number of piperazine rings is 1. The van der Waals surface area contributed by atoms with E-state index < -0.39 is 0 Å². The third kappa shape index (κ3) is 12.3. The molecule has 0 aromatic heterocycles. The normalized spacial score (nSPS) is 16.5. The molecule has 0 aromatic rings. The minimum atomic E-state index is -0.0974. The van der Waals surface area contributed by atoms with Crippen LogP contribution in [0.3, 0.4) is 0 Å². The maximum absolute atomic E-state index is 11.6. The van der Waals surface area contributed by atoms with Crippen LogP contribution in [-0.4, -0.2) is 107 Å². The lowest BCUT2D eigenvalue weighted by atomic mass is 10.2. The maximum atomic E-state index is 11.6. The van der Waals surface area contributed by atoms with Crippen molar-refractivity contribution in [2.75, 3.05) is 86.1 Å². The lowest BCUT2D eigenvalue weighted by Crippen LogP contribution is -2.47. The molecule has 7 nitrogen and oxygen atoms in total. The molecule has 0 bridgehead atoms. The van der Waals surface area contributed by atoms with Crippen molar-refractivity contribution in [1.82, 2.24) is 20.0 Å². The van der Waals surface area contributed by atoms with E-state index in [0.29, 0.717) is 19.6 Å². The molecule has 0 unspecified atom stereocenters. The number of nitrogens with one attached hydrogen (secondary N) is 1. The second kappa shape index (κ2) is 14.4. The van der Waals surface area contributed by atoms with Crippen LogP contribution >= 0.6 is 0 Å². The summed E-state index contributed by atoms with van der Waals surface area (Å²) in [7, 11) is 4.04. The van der Waals surface area contributed by atoms with Gasteiger partial charge in [0.1, 0.15) is 0 Å². The molecule has 0 spiro atoms. The average molecular weight is 358 g/mol. The minimum Gasteiger partial charge on any atom is -0.466 e. The highest BCUT2D eigenvalue weighted by atomic mass is 16.5. The van der Waals surface area contributed by atoms with Crippen molar-refractivity contribution in [3.05, 3.63) is 0 Å². The summed E-state index contributed by atoms with van der Waals surface area (Å²) in [5.41, 5.74) is 5.56. The SMILES string of the molecule is CN(C)CCCOC(=O)CCNCCCN1CCN(CCCN)CC1. The number of hydrogen-bond donors (Lipinski definition) is 2. The first-order valence-corrected chi connectivity index (χ1v) is 9.77. The highest BCUT2D eigenvalue weighted by molar-refractivity contribution is 5.69. The van der Waals surface area contributed by atoms with Crippen molar-refractivity contribution >= 4 is 5.97 Å². The van der Waals surface area contributed by atoms with Gasteiger partial charge in [0, 0.05) is 39.3 Å². The molecule has 0 aromatic carbocycles. The van der Waals surface area contributed by atoms with Gasteiger partial charge < -0.3 is 30.5 Å². The number of nitrogens with zero attached hydrogens (tertiary/aromatic N) is 3. The molecule has 3 N–H and O–H groups in total. The molecule has 1 saturated heterocycles. The van der Waals surface area contributed by atoms with Gasteiger partial charge in [-0.25, -0.2) is 0 Å². The lowest BCUT2D eigenvalue weighted by Gasteiger charge is -2.34. The predicted molar refractivity (Wildman–Crippen MR) is 103 cm³/mol. The monoisotopic (exact) mass is 357 g/mol. The highest BCUT2D eigenvalue weighted by Gasteiger charge is 2.15. The molecule has 1 heterocycles. The molecule has 0 saturated carbocycles. The van der Waals surface area contributed by atoms with Gasteiger partial charge >= 0.3 is 5.97 Å². The van der Waals surface area contributed by atoms with Crippen molar-refractivity contribution in [1.29, 1.82) is 0 Å². The molecule has 1 fully saturated rings. The molecule has 0 aliphatic carbocycles. The molecule has 1 rings (SSSR count). The fourth-order valence-corrected chi connectivity index (χ4v) is 2.93. The van der Waals surface area contributed by atoms with Crippen LogP contribution in [0.4, 0.5) is 0 Å². The topological polar surface area (TPSA) is 74.1 Å². The van der Waals surface area contributed by atoms with Crippen LogP contribution in [0, 0.1) is 0 Å². The van der Waals surface area contributed by atoms with Crippen LogP contribution < -0.4 is 11.1 Å². The molecule has 25 heavy (non-hydrogen) atoms. The fourth-order valence-electron chi connectivity index (χ4n) is 2.93. The molecule has 1 aliphatic heterocycles. The Morgan fingerprint density at radius 2 is 1.68 bits per heavy atom. The molecule has 1 aliphatic rings. The Labute approximate surface area is 153 Å². The zero-order valence-electron chi connectivity index (χ0n) is 16.3. The standard InChI is InChI=1S/C18H39N5O2/c1-21(2)10-5-17-25-18(24)6-9-20-8-4-12-23-15-13-22(14-16-23)11-3-7-19/h20H,3-17,19H2,1-2H3. The molecular weight excluding hydrogens is 318 g/mol. The average Bonchev–Trinajstić information content (AvgIpc) is 2.60. The van der Waals surface area contributed by atoms with Gasteiger partial charge in [0.2, 0.25) is 0 Å². The Hall–Kier alpha value is -0.730. The van der Waals surface area contributed by atoms with Gasteiger partial charge in [-0.3, -0.25) is 4.79 Å². The first-order chi connectivity index (χ1) is 12.1. The van der Waals surface area contributed by atoms with Crippen molar-refractivity contribution in [3.8, 4) is 0 Å². The number of rotatable bonds is 14. The Morgan fingerprint density at radius 3 is 2.28 bits per heavy atom. The Balaban J connectivity index is 1.88. The van der Waals surface area contributed by atoms with Crippen molar-refractivity contribution < 1.29 is 9.53 Å². The van der Waals surface area contributed by atoms with Crippen LogP contribution in [0.5, 0.6) is 0 Å². The van der Waals surface area contributed by atoms with Gasteiger partial charge in [0.15, 0.2) is 0 Å². The summed E-state index contributed by atoms with van der Waals surface area (Å²) in [6.07, 6.45) is 3.58. The second-order valence-electron chi connectivity index (χ2n) is 7.06. The van der Waals surface area contributed by atoms with E-state index in [1.807, 2.05) is 14.1 Å². The van der Waals surface area contributed by atoms with E-state index in [1.165, 1.54) is 0 Å². The van der Waals surface area contributed by atoms with Gasteiger partial charge in [-0.2, -0.15) is 0 Å². The molecule has 7 heteroatoms. The van der Waals surface area contributed by atoms with E-state index in [2.05, 4.69) is 20.0 Å². The second-order valence-corrected chi connectivity index (χ2v) is 7.06. The predicted octanol–water partition coefficient (Wildman–Crippen LogP) is -0.182. The Bertz CT molecular complexity index is 333. The number of hydrogen-bond acceptors (Lipinski definition) is 7. The first-order valence-electron chi connectivity index (χ1n) is 9.77. The molecular formula is C18H39N5O2. The van der Waals surface area contributed by atoms with Gasteiger partial charge in [-0.05, 0) is 59.5 Å². The van der Waals surface area contributed by atoms with Crippen molar-refractivity contribution in [3.63, 3.8) is 0 Å². The Morgan fingerprint density at radius 1 is 1.04 bits per heavy atom. The van der Waals surface area contributed by atoms with Gasteiger partial charge in [0.25, 0.3) is 0 Å². The van der Waals surface area contributed by atoms with E-state index in [4.69, 9.17) is 10.5 Å². The number of carbonyl (C=O) groups is 1. The molecule has 0 atom stereocenters. The van der Waals surface area contributed by atoms with Crippen LogP contribution in [-0.2, 0) is 9.53 Å². The number of carbonyl (C=O) groups excluding carboxylic acids is 1. The summed E-state index contributed by atoms with van der Waals surface area (Å²) >= 11 is 0. The van der Waals surface area contributed by atoms with Crippen LogP contribution in [0.2, 0.25) is 0 Å². The van der Waals surface area contributed by atoms with E-state index in [-0.39, 0.29) is 5.97 Å². The van der Waals surface area contributed by atoms with Gasteiger partial charge in [-0.15, -0.1) is 0 Å².